The zero-order valence-electron chi connectivity index (χ0n) is 14.9. The lowest BCUT2D eigenvalue weighted by atomic mass is 10.0. The van der Waals surface area contributed by atoms with E-state index in [1.807, 2.05) is 0 Å². The van der Waals surface area contributed by atoms with E-state index in [0.717, 1.165) is 12.8 Å². The number of carboxylic acid groups (broad SMARTS) is 1. The Balaban J connectivity index is 3.36. The smallest absolute Gasteiger partial charge is 0.303 e. The molecule has 0 rings (SSSR count). The van der Waals surface area contributed by atoms with Crippen LogP contribution in [0.4, 0.5) is 0 Å². The molecule has 0 saturated carbocycles. The van der Waals surface area contributed by atoms with Gasteiger partial charge >= 0.3 is 5.97 Å². The SMILES string of the molecule is CCCCCCCCC(Br)C(Br)CCCCCCCCC(=O)O. The van der Waals surface area contributed by atoms with E-state index in [1.165, 1.54) is 77.0 Å². The largest absolute Gasteiger partial charge is 0.481 e. The molecule has 1 N–H and O–H groups in total. The van der Waals surface area contributed by atoms with Gasteiger partial charge in [0.25, 0.3) is 0 Å². The highest BCUT2D eigenvalue weighted by atomic mass is 79.9. The summed E-state index contributed by atoms with van der Waals surface area (Å²) in [6.07, 6.45) is 17.9. The van der Waals surface area contributed by atoms with Crippen LogP contribution in [-0.4, -0.2) is 20.7 Å². The summed E-state index contributed by atoms with van der Waals surface area (Å²) in [5, 5.41) is 8.57. The van der Waals surface area contributed by atoms with Gasteiger partial charge in [0.05, 0.1) is 0 Å². The second-order valence-corrected chi connectivity index (χ2v) is 8.99. The molecule has 0 spiro atoms. The summed E-state index contributed by atoms with van der Waals surface area (Å²) < 4.78 is 0. The normalized spacial score (nSPS) is 13.9. The van der Waals surface area contributed by atoms with Crippen molar-refractivity contribution in [1.82, 2.24) is 0 Å². The molecule has 0 aromatic rings. The van der Waals surface area contributed by atoms with Gasteiger partial charge in [0.1, 0.15) is 0 Å². The minimum atomic E-state index is -0.666. The van der Waals surface area contributed by atoms with Crippen LogP contribution in [0.3, 0.4) is 0 Å². The molecule has 0 fully saturated rings. The number of carboxylic acids is 1. The van der Waals surface area contributed by atoms with Gasteiger partial charge in [-0.1, -0.05) is 109 Å². The van der Waals surface area contributed by atoms with Gasteiger partial charge in [-0.05, 0) is 19.3 Å². The molecule has 2 nitrogen and oxygen atoms in total. The average Bonchev–Trinajstić information content (AvgIpc) is 2.52. The van der Waals surface area contributed by atoms with Crippen molar-refractivity contribution < 1.29 is 9.90 Å². The fourth-order valence-electron chi connectivity index (χ4n) is 2.80. The van der Waals surface area contributed by atoms with Crippen molar-refractivity contribution >= 4 is 37.8 Å². The maximum Gasteiger partial charge on any atom is 0.303 e. The number of carbonyl (C=O) groups is 1. The van der Waals surface area contributed by atoms with E-state index in [0.29, 0.717) is 16.1 Å². The fourth-order valence-corrected chi connectivity index (χ4v) is 3.98. The molecule has 0 saturated heterocycles. The molecular formula is C19H36Br2O2. The molecule has 2 unspecified atom stereocenters. The van der Waals surface area contributed by atoms with Crippen LogP contribution in [0.25, 0.3) is 0 Å². The molecule has 0 heterocycles. The fraction of sp³-hybridized carbons (Fsp3) is 0.947. The van der Waals surface area contributed by atoms with Gasteiger partial charge in [-0.2, -0.15) is 0 Å². The van der Waals surface area contributed by atoms with Crippen LogP contribution in [0.15, 0.2) is 0 Å². The van der Waals surface area contributed by atoms with E-state index in [-0.39, 0.29) is 0 Å². The summed E-state index contributed by atoms with van der Waals surface area (Å²) in [5.41, 5.74) is 0. The molecule has 0 bridgehead atoms. The molecule has 0 radical (unpaired) electrons. The molecule has 0 aliphatic rings. The lowest BCUT2D eigenvalue weighted by Gasteiger charge is -2.16. The van der Waals surface area contributed by atoms with Gasteiger partial charge in [0.2, 0.25) is 0 Å². The van der Waals surface area contributed by atoms with Crippen LogP contribution in [0.2, 0.25) is 0 Å². The highest BCUT2D eigenvalue weighted by Crippen LogP contribution is 2.25. The number of alkyl halides is 2. The Bertz CT molecular complexity index is 272. The Morgan fingerprint density at radius 1 is 0.739 bits per heavy atom. The van der Waals surface area contributed by atoms with Gasteiger partial charge in [0.15, 0.2) is 0 Å². The van der Waals surface area contributed by atoms with Crippen molar-refractivity contribution in [2.24, 2.45) is 0 Å². The number of hydrogen-bond donors (Lipinski definition) is 1. The number of hydrogen-bond acceptors (Lipinski definition) is 1. The predicted molar refractivity (Wildman–Crippen MR) is 108 cm³/mol. The Labute approximate surface area is 160 Å². The lowest BCUT2D eigenvalue weighted by molar-refractivity contribution is -0.137. The molecule has 0 aromatic heterocycles. The molecule has 4 heteroatoms. The predicted octanol–water partition coefficient (Wildman–Crippen LogP) is 7.47. The lowest BCUT2D eigenvalue weighted by Crippen LogP contribution is -2.13. The minimum absolute atomic E-state index is 0.327. The summed E-state index contributed by atoms with van der Waals surface area (Å²) in [7, 11) is 0. The maximum absolute atomic E-state index is 10.4. The van der Waals surface area contributed by atoms with Gasteiger partial charge in [-0.25, -0.2) is 0 Å². The van der Waals surface area contributed by atoms with Crippen molar-refractivity contribution in [1.29, 1.82) is 0 Å². The first kappa shape index (κ1) is 23.4. The van der Waals surface area contributed by atoms with Crippen LogP contribution in [0, 0.1) is 0 Å². The van der Waals surface area contributed by atoms with Crippen molar-refractivity contribution in [2.75, 3.05) is 0 Å². The number of halogens is 2. The summed E-state index contributed by atoms with van der Waals surface area (Å²) in [6, 6.07) is 0. The third-order valence-corrected chi connectivity index (χ3v) is 7.25. The molecule has 0 aromatic carbocycles. The Kier molecular flexibility index (Phi) is 17.6. The second-order valence-electron chi connectivity index (χ2n) is 6.64. The first-order valence-electron chi connectivity index (χ1n) is 9.57. The van der Waals surface area contributed by atoms with Gasteiger partial charge in [-0.3, -0.25) is 4.79 Å². The topological polar surface area (TPSA) is 37.3 Å². The summed E-state index contributed by atoms with van der Waals surface area (Å²) >= 11 is 7.68. The van der Waals surface area contributed by atoms with Crippen LogP contribution in [-0.2, 0) is 4.79 Å². The minimum Gasteiger partial charge on any atom is -0.481 e. The third kappa shape index (κ3) is 17.1. The first-order valence-corrected chi connectivity index (χ1v) is 11.4. The van der Waals surface area contributed by atoms with Crippen LogP contribution in [0.5, 0.6) is 0 Å². The third-order valence-electron chi connectivity index (χ3n) is 4.35. The molecule has 0 amide bonds. The molecule has 138 valence electrons. The van der Waals surface area contributed by atoms with E-state index >= 15 is 0 Å². The monoisotopic (exact) mass is 454 g/mol. The van der Waals surface area contributed by atoms with E-state index in [1.54, 1.807) is 0 Å². The zero-order valence-corrected chi connectivity index (χ0v) is 18.0. The Morgan fingerprint density at radius 2 is 1.13 bits per heavy atom. The van der Waals surface area contributed by atoms with Crippen molar-refractivity contribution in [3.63, 3.8) is 0 Å². The number of aliphatic carboxylic acids is 1. The Hall–Kier alpha value is 0.430. The molecule has 0 aliphatic heterocycles. The number of rotatable bonds is 17. The van der Waals surface area contributed by atoms with Crippen molar-refractivity contribution in [3.05, 3.63) is 0 Å². The summed E-state index contributed by atoms with van der Waals surface area (Å²) in [4.78, 5) is 11.6. The van der Waals surface area contributed by atoms with Gasteiger partial charge < -0.3 is 5.11 Å². The Morgan fingerprint density at radius 3 is 1.57 bits per heavy atom. The van der Waals surface area contributed by atoms with Crippen LogP contribution < -0.4 is 0 Å². The van der Waals surface area contributed by atoms with Crippen LogP contribution >= 0.6 is 31.9 Å². The first-order chi connectivity index (χ1) is 11.1. The van der Waals surface area contributed by atoms with Crippen molar-refractivity contribution in [2.45, 2.75) is 113 Å². The standard InChI is InChI=1S/C19H36Br2O2/c1-2-3-4-5-8-11-14-17(20)18(21)15-12-9-6-7-10-13-16-19(22)23/h17-18H,2-16H2,1H3,(H,22,23). The summed E-state index contributed by atoms with van der Waals surface area (Å²) in [5.74, 6) is -0.666. The van der Waals surface area contributed by atoms with Gasteiger partial charge in [-0.15, -0.1) is 0 Å². The highest BCUT2D eigenvalue weighted by Gasteiger charge is 2.14. The van der Waals surface area contributed by atoms with E-state index in [2.05, 4.69) is 38.8 Å². The van der Waals surface area contributed by atoms with Gasteiger partial charge in [0, 0.05) is 16.1 Å². The van der Waals surface area contributed by atoms with Crippen molar-refractivity contribution in [3.8, 4) is 0 Å². The van der Waals surface area contributed by atoms with E-state index in [4.69, 9.17) is 5.11 Å². The second kappa shape index (κ2) is 17.3. The molecule has 0 aliphatic carbocycles. The molecular weight excluding hydrogens is 420 g/mol. The summed E-state index contributed by atoms with van der Waals surface area (Å²) in [6.45, 7) is 2.26. The quantitative estimate of drug-likeness (QED) is 0.182. The zero-order chi connectivity index (χ0) is 17.3. The van der Waals surface area contributed by atoms with E-state index in [9.17, 15) is 4.79 Å². The maximum atomic E-state index is 10.4. The number of unbranched alkanes of at least 4 members (excludes halogenated alkanes) is 10. The van der Waals surface area contributed by atoms with Crippen LogP contribution in [0.1, 0.15) is 103 Å². The average molecular weight is 456 g/mol. The van der Waals surface area contributed by atoms with E-state index < -0.39 is 5.97 Å². The molecule has 2 atom stereocenters. The molecule has 23 heavy (non-hydrogen) atoms. The highest BCUT2D eigenvalue weighted by molar-refractivity contribution is 9.12.